The lowest BCUT2D eigenvalue weighted by molar-refractivity contribution is -0.147. The summed E-state index contributed by atoms with van der Waals surface area (Å²) in [6.45, 7) is 1.83. The molecule has 2 aromatic rings. The van der Waals surface area contributed by atoms with Crippen LogP contribution in [-0.4, -0.2) is 29.2 Å². The predicted octanol–water partition coefficient (Wildman–Crippen LogP) is 4.15. The second kappa shape index (κ2) is 8.62. The zero-order valence-electron chi connectivity index (χ0n) is 15.4. The minimum atomic E-state index is -0.296. The highest BCUT2D eigenvalue weighted by Gasteiger charge is 2.34. The minimum absolute atomic E-state index is 0.210. The molecule has 1 aliphatic rings. The van der Waals surface area contributed by atoms with Crippen LogP contribution in [0.1, 0.15) is 65.0 Å². The zero-order valence-corrected chi connectivity index (χ0v) is 15.4. The third-order valence-corrected chi connectivity index (χ3v) is 4.71. The highest BCUT2D eigenvalue weighted by Crippen LogP contribution is 2.25. The highest BCUT2D eigenvalue weighted by atomic mass is 16.5. The van der Waals surface area contributed by atoms with Gasteiger partial charge in [0.1, 0.15) is 6.10 Å². The van der Waals surface area contributed by atoms with Crippen molar-refractivity contribution in [2.24, 2.45) is 0 Å². The van der Waals surface area contributed by atoms with E-state index in [0.29, 0.717) is 24.1 Å². The van der Waals surface area contributed by atoms with Gasteiger partial charge < -0.3 is 4.74 Å². The summed E-state index contributed by atoms with van der Waals surface area (Å²) >= 11 is 0. The van der Waals surface area contributed by atoms with Gasteiger partial charge in [-0.3, -0.25) is 19.3 Å². The van der Waals surface area contributed by atoms with Crippen LogP contribution in [0.5, 0.6) is 0 Å². The number of hydrogen-bond acceptors (Lipinski definition) is 4. The average Bonchev–Trinajstić information content (AvgIpc) is 2.92. The number of nitrogens with zero attached hydrogens (tertiary/aromatic N) is 1. The number of amides is 2. The Balaban J connectivity index is 1.48. The maximum absolute atomic E-state index is 12.3. The standard InChI is InChI=1S/C22H23NO4/c1-16(24)27-20(17-10-4-2-5-11-17)14-6-3-9-15-23-21(25)18-12-7-8-13-19(18)22(23)26/h2,4-5,7-8,10-13,20H,3,6,9,14-15H2,1H3. The number of carbonyl (C=O) groups excluding carboxylic acids is 3. The van der Waals surface area contributed by atoms with Crippen molar-refractivity contribution in [3.63, 3.8) is 0 Å². The molecule has 0 saturated heterocycles. The Morgan fingerprint density at radius 1 is 0.889 bits per heavy atom. The van der Waals surface area contributed by atoms with Gasteiger partial charge in [0.2, 0.25) is 0 Å². The van der Waals surface area contributed by atoms with Gasteiger partial charge in [-0.15, -0.1) is 0 Å². The predicted molar refractivity (Wildman–Crippen MR) is 101 cm³/mol. The third-order valence-electron chi connectivity index (χ3n) is 4.71. The SMILES string of the molecule is CC(=O)OC(CCCCCN1C(=O)c2ccccc2C1=O)c1ccccc1. The Morgan fingerprint density at radius 3 is 2.07 bits per heavy atom. The molecule has 3 rings (SSSR count). The van der Waals surface area contributed by atoms with Crippen molar-refractivity contribution in [2.75, 3.05) is 6.54 Å². The summed E-state index contributed by atoms with van der Waals surface area (Å²) in [6, 6.07) is 16.6. The van der Waals surface area contributed by atoms with Crippen LogP contribution >= 0.6 is 0 Å². The van der Waals surface area contributed by atoms with Crippen LogP contribution < -0.4 is 0 Å². The molecule has 0 radical (unpaired) electrons. The van der Waals surface area contributed by atoms with Crippen LogP contribution in [0.2, 0.25) is 0 Å². The number of benzene rings is 2. The summed E-state index contributed by atoms with van der Waals surface area (Å²) < 4.78 is 5.44. The molecule has 0 aromatic heterocycles. The summed E-state index contributed by atoms with van der Waals surface area (Å²) in [5.41, 5.74) is 1.95. The van der Waals surface area contributed by atoms with Crippen molar-refractivity contribution in [1.29, 1.82) is 0 Å². The zero-order chi connectivity index (χ0) is 19.2. The van der Waals surface area contributed by atoms with E-state index < -0.39 is 0 Å². The van der Waals surface area contributed by atoms with Gasteiger partial charge in [0, 0.05) is 13.5 Å². The van der Waals surface area contributed by atoms with Gasteiger partial charge in [0.25, 0.3) is 11.8 Å². The van der Waals surface area contributed by atoms with E-state index in [-0.39, 0.29) is 23.9 Å². The van der Waals surface area contributed by atoms with Gasteiger partial charge in [0.05, 0.1) is 11.1 Å². The quantitative estimate of drug-likeness (QED) is 0.400. The van der Waals surface area contributed by atoms with Crippen LogP contribution in [0.15, 0.2) is 54.6 Å². The molecular weight excluding hydrogens is 342 g/mol. The second-order valence-electron chi connectivity index (χ2n) is 6.67. The van der Waals surface area contributed by atoms with Crippen molar-refractivity contribution in [3.05, 3.63) is 71.3 Å². The smallest absolute Gasteiger partial charge is 0.303 e. The van der Waals surface area contributed by atoms with Crippen LogP contribution in [0.3, 0.4) is 0 Å². The minimum Gasteiger partial charge on any atom is -0.458 e. The van der Waals surface area contributed by atoms with Gasteiger partial charge in [-0.05, 0) is 37.0 Å². The molecule has 0 aliphatic carbocycles. The van der Waals surface area contributed by atoms with Gasteiger partial charge in [0.15, 0.2) is 0 Å². The number of esters is 1. The van der Waals surface area contributed by atoms with Crippen LogP contribution in [0, 0.1) is 0 Å². The number of ether oxygens (including phenoxy) is 1. The first-order valence-corrected chi connectivity index (χ1v) is 9.25. The van der Waals surface area contributed by atoms with Crippen LogP contribution in [0.25, 0.3) is 0 Å². The number of fused-ring (bicyclic) bond motifs is 1. The fraction of sp³-hybridized carbons (Fsp3) is 0.318. The van der Waals surface area contributed by atoms with Gasteiger partial charge >= 0.3 is 5.97 Å². The molecule has 27 heavy (non-hydrogen) atoms. The number of carbonyl (C=O) groups is 3. The second-order valence-corrected chi connectivity index (χ2v) is 6.67. The Labute approximate surface area is 158 Å². The van der Waals surface area contributed by atoms with E-state index in [1.165, 1.54) is 11.8 Å². The first-order valence-electron chi connectivity index (χ1n) is 9.25. The molecule has 5 nitrogen and oxygen atoms in total. The summed E-state index contributed by atoms with van der Waals surface area (Å²) in [7, 11) is 0. The monoisotopic (exact) mass is 365 g/mol. The molecule has 5 heteroatoms. The molecule has 0 N–H and O–H groups in total. The lowest BCUT2D eigenvalue weighted by atomic mass is 10.0. The Morgan fingerprint density at radius 2 is 1.48 bits per heavy atom. The van der Waals surface area contributed by atoms with Crippen LogP contribution in [0.4, 0.5) is 0 Å². The van der Waals surface area contributed by atoms with Crippen molar-refractivity contribution >= 4 is 17.8 Å². The molecule has 140 valence electrons. The Kier molecular flexibility index (Phi) is 6.01. The molecule has 1 unspecified atom stereocenters. The molecular formula is C22H23NO4. The maximum Gasteiger partial charge on any atom is 0.303 e. The molecule has 1 aliphatic heterocycles. The van der Waals surface area contributed by atoms with E-state index in [1.54, 1.807) is 24.3 Å². The molecule has 1 atom stereocenters. The van der Waals surface area contributed by atoms with E-state index in [4.69, 9.17) is 4.74 Å². The first kappa shape index (κ1) is 18.8. The van der Waals surface area contributed by atoms with E-state index >= 15 is 0 Å². The molecule has 0 bridgehead atoms. The van der Waals surface area contributed by atoms with Crippen molar-refractivity contribution in [3.8, 4) is 0 Å². The molecule has 0 fully saturated rings. The Bertz CT molecular complexity index is 796. The lowest BCUT2D eigenvalue weighted by Crippen LogP contribution is -2.30. The molecule has 0 saturated carbocycles. The summed E-state index contributed by atoms with van der Waals surface area (Å²) in [5.74, 6) is -0.717. The van der Waals surface area contributed by atoms with Crippen molar-refractivity contribution < 1.29 is 19.1 Å². The fourth-order valence-electron chi connectivity index (χ4n) is 3.38. The molecule has 2 amide bonds. The lowest BCUT2D eigenvalue weighted by Gasteiger charge is -2.18. The van der Waals surface area contributed by atoms with E-state index in [0.717, 1.165) is 24.8 Å². The van der Waals surface area contributed by atoms with Crippen molar-refractivity contribution in [1.82, 2.24) is 4.90 Å². The van der Waals surface area contributed by atoms with Crippen molar-refractivity contribution in [2.45, 2.75) is 38.7 Å². The maximum atomic E-state index is 12.3. The molecule has 1 heterocycles. The molecule has 0 spiro atoms. The highest BCUT2D eigenvalue weighted by molar-refractivity contribution is 6.21. The van der Waals surface area contributed by atoms with Gasteiger partial charge in [-0.25, -0.2) is 0 Å². The average molecular weight is 365 g/mol. The van der Waals surface area contributed by atoms with E-state index in [1.807, 2.05) is 30.3 Å². The first-order chi connectivity index (χ1) is 13.1. The number of rotatable bonds is 8. The third kappa shape index (κ3) is 4.42. The van der Waals surface area contributed by atoms with Gasteiger partial charge in [-0.1, -0.05) is 48.9 Å². The summed E-state index contributed by atoms with van der Waals surface area (Å²) in [6.07, 6.45) is 2.87. The largest absolute Gasteiger partial charge is 0.458 e. The summed E-state index contributed by atoms with van der Waals surface area (Å²) in [5, 5.41) is 0. The Hall–Kier alpha value is -2.95. The van der Waals surface area contributed by atoms with E-state index in [9.17, 15) is 14.4 Å². The molecule has 2 aromatic carbocycles. The fourth-order valence-corrected chi connectivity index (χ4v) is 3.38. The number of hydrogen-bond donors (Lipinski definition) is 0. The van der Waals surface area contributed by atoms with Crippen LogP contribution in [-0.2, 0) is 9.53 Å². The van der Waals surface area contributed by atoms with E-state index in [2.05, 4.69) is 0 Å². The number of unbranched alkanes of at least 4 members (excludes halogenated alkanes) is 2. The number of imide groups is 1. The topological polar surface area (TPSA) is 63.7 Å². The normalized spacial score (nSPS) is 14.2. The van der Waals surface area contributed by atoms with Gasteiger partial charge in [-0.2, -0.15) is 0 Å². The summed E-state index contributed by atoms with van der Waals surface area (Å²) in [4.78, 5) is 37.4.